The second-order valence-corrected chi connectivity index (χ2v) is 8.88. The maximum Gasteiger partial charge on any atom is 0.295 e. The lowest BCUT2D eigenvalue weighted by Crippen LogP contribution is -2.29. The molecule has 0 aliphatic heterocycles. The number of aryl methyl sites for hydroxylation is 1. The van der Waals surface area contributed by atoms with Crippen LogP contribution < -0.4 is 5.56 Å². The summed E-state index contributed by atoms with van der Waals surface area (Å²) >= 11 is 7.59. The van der Waals surface area contributed by atoms with E-state index in [1.165, 1.54) is 11.3 Å². The summed E-state index contributed by atoms with van der Waals surface area (Å²) in [6, 6.07) is 27.0. The summed E-state index contributed by atoms with van der Waals surface area (Å²) in [5.41, 5.74) is 3.84. The molecule has 0 amide bonds. The zero-order valence-corrected chi connectivity index (χ0v) is 18.3. The summed E-state index contributed by atoms with van der Waals surface area (Å²) in [5.74, 6) is 0. The van der Waals surface area contributed by atoms with Gasteiger partial charge in [0.25, 0.3) is 5.56 Å². The zero-order chi connectivity index (χ0) is 21.4. The third kappa shape index (κ3) is 3.67. The monoisotopic (exact) mass is 443 g/mol. The molecule has 0 aliphatic rings. The minimum atomic E-state index is -0.368. The van der Waals surface area contributed by atoms with Crippen molar-refractivity contribution >= 4 is 33.2 Å². The van der Waals surface area contributed by atoms with Gasteiger partial charge in [0.15, 0.2) is 5.52 Å². The van der Waals surface area contributed by atoms with Gasteiger partial charge in [0.2, 0.25) is 0 Å². The molecule has 5 aromatic rings. The van der Waals surface area contributed by atoms with Crippen molar-refractivity contribution in [3.8, 4) is 11.3 Å². The van der Waals surface area contributed by atoms with E-state index in [4.69, 9.17) is 16.7 Å². The number of halogens is 1. The molecule has 3 aromatic carbocycles. The molecule has 2 aromatic heterocycles. The molecule has 0 unspecified atom stereocenters. The van der Waals surface area contributed by atoms with Gasteiger partial charge < -0.3 is 0 Å². The van der Waals surface area contributed by atoms with Crippen molar-refractivity contribution in [1.82, 2.24) is 14.8 Å². The molecule has 0 aliphatic carbocycles. The number of fused-ring (bicyclic) bond motifs is 1. The molecular weight excluding hydrogens is 426 g/mol. The third-order valence-electron chi connectivity index (χ3n) is 5.16. The molecule has 6 heteroatoms. The Kier molecular flexibility index (Phi) is 5.14. The number of hydrogen-bond acceptors (Lipinski definition) is 4. The Morgan fingerprint density at radius 3 is 2.03 bits per heavy atom. The first-order valence-electron chi connectivity index (χ1n) is 9.87. The highest BCUT2D eigenvalue weighted by molar-refractivity contribution is 7.19. The maximum absolute atomic E-state index is 13.6. The largest absolute Gasteiger partial charge is 0.295 e. The van der Waals surface area contributed by atoms with Crippen molar-refractivity contribution in [1.29, 1.82) is 0 Å². The first-order valence-corrected chi connectivity index (χ1v) is 11.1. The molecule has 31 heavy (non-hydrogen) atoms. The molecule has 0 saturated carbocycles. The van der Waals surface area contributed by atoms with Gasteiger partial charge in [-0.25, -0.2) is 9.67 Å². The summed E-state index contributed by atoms with van der Waals surface area (Å²) in [5, 5.41) is 6.38. The fraction of sp³-hybridized carbons (Fsp3) is 0.0800. The summed E-state index contributed by atoms with van der Waals surface area (Å²) in [6.07, 6.45) is 0. The predicted molar refractivity (Wildman–Crippen MR) is 127 cm³/mol. The van der Waals surface area contributed by atoms with E-state index in [9.17, 15) is 4.79 Å². The molecule has 4 nitrogen and oxygen atoms in total. The Morgan fingerprint density at radius 2 is 1.45 bits per heavy atom. The molecule has 0 radical (unpaired) electrons. The maximum atomic E-state index is 13.6. The van der Waals surface area contributed by atoms with Gasteiger partial charge in [0, 0.05) is 10.6 Å². The Labute approximate surface area is 188 Å². The molecule has 152 valence electrons. The van der Waals surface area contributed by atoms with Gasteiger partial charge in [-0.1, -0.05) is 84.4 Å². The number of nitrogens with zero attached hydrogens (tertiary/aromatic N) is 3. The van der Waals surface area contributed by atoms with Crippen LogP contribution in [0, 0.1) is 6.92 Å². The average Bonchev–Trinajstić information content (AvgIpc) is 3.20. The van der Waals surface area contributed by atoms with Crippen LogP contribution in [0.2, 0.25) is 5.02 Å². The van der Waals surface area contributed by atoms with Crippen LogP contribution in [0.5, 0.6) is 0 Å². The van der Waals surface area contributed by atoms with Crippen LogP contribution >= 0.6 is 22.9 Å². The van der Waals surface area contributed by atoms with Crippen LogP contribution in [0.3, 0.4) is 0 Å². The van der Waals surface area contributed by atoms with Gasteiger partial charge in [-0.15, -0.1) is 11.3 Å². The quantitative estimate of drug-likeness (QED) is 0.336. The highest BCUT2D eigenvalue weighted by Gasteiger charge is 2.23. The second kappa shape index (κ2) is 8.10. The van der Waals surface area contributed by atoms with Gasteiger partial charge in [-0.2, -0.15) is 5.10 Å². The molecule has 2 heterocycles. The topological polar surface area (TPSA) is 47.8 Å². The van der Waals surface area contributed by atoms with Crippen LogP contribution in [-0.4, -0.2) is 14.8 Å². The van der Waals surface area contributed by atoms with Crippen molar-refractivity contribution in [3.63, 3.8) is 0 Å². The van der Waals surface area contributed by atoms with E-state index >= 15 is 0 Å². The third-order valence-corrected chi connectivity index (χ3v) is 6.39. The van der Waals surface area contributed by atoms with Crippen LogP contribution in [0.4, 0.5) is 0 Å². The van der Waals surface area contributed by atoms with E-state index in [1.54, 1.807) is 4.68 Å². The molecule has 0 saturated heterocycles. The molecule has 0 N–H and O–H groups in total. The number of hydrogen-bond donors (Lipinski definition) is 0. The normalized spacial score (nSPS) is 11.3. The lowest BCUT2D eigenvalue weighted by atomic mass is 9.99. The van der Waals surface area contributed by atoms with Crippen LogP contribution in [0.25, 0.3) is 21.5 Å². The summed E-state index contributed by atoms with van der Waals surface area (Å²) in [6.45, 7) is 1.91. The minimum absolute atomic E-state index is 0.199. The van der Waals surface area contributed by atoms with E-state index in [0.717, 1.165) is 32.1 Å². The van der Waals surface area contributed by atoms with Crippen molar-refractivity contribution in [2.45, 2.75) is 13.0 Å². The molecule has 0 bridgehead atoms. The van der Waals surface area contributed by atoms with E-state index < -0.39 is 0 Å². The Morgan fingerprint density at radius 1 is 0.871 bits per heavy atom. The van der Waals surface area contributed by atoms with E-state index in [-0.39, 0.29) is 11.6 Å². The van der Waals surface area contributed by atoms with Crippen LogP contribution in [0.15, 0.2) is 89.7 Å². The van der Waals surface area contributed by atoms with E-state index in [0.29, 0.717) is 10.5 Å². The first-order chi connectivity index (χ1) is 15.1. The Bertz CT molecular complexity index is 1370. The molecule has 5 rings (SSSR count). The number of aromatic nitrogens is 3. The fourth-order valence-electron chi connectivity index (χ4n) is 3.76. The summed E-state index contributed by atoms with van der Waals surface area (Å²) in [7, 11) is 0. The predicted octanol–water partition coefficient (Wildman–Crippen LogP) is 6.12. The first kappa shape index (κ1) is 19.7. The number of rotatable bonds is 4. The number of thiazole rings is 1. The second-order valence-electron chi connectivity index (χ2n) is 7.24. The van der Waals surface area contributed by atoms with Crippen molar-refractivity contribution < 1.29 is 0 Å². The minimum Gasteiger partial charge on any atom is -0.265 e. The van der Waals surface area contributed by atoms with Crippen LogP contribution in [-0.2, 0) is 0 Å². The van der Waals surface area contributed by atoms with Gasteiger partial charge in [0.05, 0.1) is 9.71 Å². The van der Waals surface area contributed by atoms with Gasteiger partial charge in [0.1, 0.15) is 11.7 Å². The molecule has 0 fully saturated rings. The standard InChI is InChI=1S/C25H18ClN3OS/c1-16-27-22-24(31-16)21(17-12-14-20(26)15-13-17)28-29(25(22)30)23(18-8-4-2-5-9-18)19-10-6-3-7-11-19/h2-15,23H,1H3. The molecule has 0 spiro atoms. The fourth-order valence-corrected chi connectivity index (χ4v) is 4.80. The molecular formula is C25H18ClN3OS. The lowest BCUT2D eigenvalue weighted by Gasteiger charge is -2.21. The van der Waals surface area contributed by atoms with E-state index in [1.807, 2.05) is 91.9 Å². The zero-order valence-electron chi connectivity index (χ0n) is 16.7. The number of benzene rings is 3. The summed E-state index contributed by atoms with van der Waals surface area (Å²) in [4.78, 5) is 18.2. The van der Waals surface area contributed by atoms with E-state index in [2.05, 4.69) is 4.98 Å². The lowest BCUT2D eigenvalue weighted by molar-refractivity contribution is 0.567. The SMILES string of the molecule is Cc1nc2c(=O)n(C(c3ccccc3)c3ccccc3)nc(-c3ccc(Cl)cc3)c2s1. The van der Waals surface area contributed by atoms with Gasteiger partial charge in [-0.05, 0) is 30.2 Å². The smallest absolute Gasteiger partial charge is 0.265 e. The van der Waals surface area contributed by atoms with Crippen molar-refractivity contribution in [3.05, 3.63) is 116 Å². The molecule has 0 atom stereocenters. The highest BCUT2D eigenvalue weighted by atomic mass is 35.5. The van der Waals surface area contributed by atoms with Crippen molar-refractivity contribution in [2.24, 2.45) is 0 Å². The van der Waals surface area contributed by atoms with Gasteiger partial charge >= 0.3 is 0 Å². The van der Waals surface area contributed by atoms with Crippen molar-refractivity contribution in [2.75, 3.05) is 0 Å². The highest BCUT2D eigenvalue weighted by Crippen LogP contribution is 2.32. The Hall–Kier alpha value is -3.28. The average molecular weight is 444 g/mol. The van der Waals surface area contributed by atoms with Gasteiger partial charge in [-0.3, -0.25) is 4.79 Å². The Balaban J connectivity index is 1.83. The van der Waals surface area contributed by atoms with Crippen LogP contribution in [0.1, 0.15) is 22.2 Å². The summed E-state index contributed by atoms with van der Waals surface area (Å²) < 4.78 is 2.36.